The summed E-state index contributed by atoms with van der Waals surface area (Å²) in [5.74, 6) is 1.53. The maximum Gasteiger partial charge on any atom is 0.227 e. The number of alkyl halides is 1. The second kappa shape index (κ2) is 6.24. The number of carbonyl (C=O) groups excluding carboxylic acids is 1. The fourth-order valence-electron chi connectivity index (χ4n) is 2.42. The maximum absolute atomic E-state index is 12.0. The predicted octanol–water partition coefficient (Wildman–Crippen LogP) is 3.62. The van der Waals surface area contributed by atoms with E-state index in [1.807, 2.05) is 17.0 Å². The summed E-state index contributed by atoms with van der Waals surface area (Å²) in [6.07, 6.45) is 3.56. The van der Waals surface area contributed by atoms with Gasteiger partial charge < -0.3 is 4.90 Å². The number of anilines is 1. The predicted molar refractivity (Wildman–Crippen MR) is 76.2 cm³/mol. The molecule has 0 spiro atoms. The molecule has 0 aliphatic carbocycles. The van der Waals surface area contributed by atoms with Crippen LogP contribution in [0, 0.1) is 5.92 Å². The second-order valence-electron chi connectivity index (χ2n) is 5.05. The number of para-hydroxylation sites is 1. The normalized spacial score (nSPS) is 16.6. The summed E-state index contributed by atoms with van der Waals surface area (Å²) in [4.78, 5) is 14.0. The van der Waals surface area contributed by atoms with Crippen molar-refractivity contribution in [1.29, 1.82) is 0 Å². The average molecular weight is 266 g/mol. The van der Waals surface area contributed by atoms with Crippen LogP contribution in [0.25, 0.3) is 0 Å². The first-order chi connectivity index (χ1) is 8.72. The third-order valence-corrected chi connectivity index (χ3v) is 3.86. The summed E-state index contributed by atoms with van der Waals surface area (Å²) in [6.45, 7) is 3.01. The smallest absolute Gasteiger partial charge is 0.227 e. The van der Waals surface area contributed by atoms with Crippen LogP contribution in [0.4, 0.5) is 5.69 Å². The Balaban J connectivity index is 2.05. The monoisotopic (exact) mass is 265 g/mol. The summed E-state index contributed by atoms with van der Waals surface area (Å²) in [6, 6.07) is 8.23. The van der Waals surface area contributed by atoms with E-state index in [0.29, 0.717) is 18.2 Å². The van der Waals surface area contributed by atoms with Crippen LogP contribution in [0.2, 0.25) is 0 Å². The van der Waals surface area contributed by atoms with Crippen molar-refractivity contribution in [1.82, 2.24) is 0 Å². The molecule has 3 heteroatoms. The first-order valence-corrected chi connectivity index (χ1v) is 7.20. The van der Waals surface area contributed by atoms with Gasteiger partial charge in [0.2, 0.25) is 5.91 Å². The van der Waals surface area contributed by atoms with Crippen molar-refractivity contribution in [2.24, 2.45) is 5.92 Å². The lowest BCUT2D eigenvalue weighted by molar-refractivity contribution is -0.118. The Morgan fingerprint density at radius 3 is 2.83 bits per heavy atom. The molecule has 1 amide bonds. The molecule has 0 bridgehead atoms. The molecule has 0 aromatic heterocycles. The third-order valence-electron chi connectivity index (χ3n) is 3.64. The molecule has 0 fully saturated rings. The van der Waals surface area contributed by atoms with Crippen LogP contribution in [-0.2, 0) is 11.2 Å². The second-order valence-corrected chi connectivity index (χ2v) is 5.42. The van der Waals surface area contributed by atoms with Gasteiger partial charge in [0.1, 0.15) is 0 Å². The molecule has 1 unspecified atom stereocenters. The van der Waals surface area contributed by atoms with Crippen molar-refractivity contribution < 1.29 is 4.79 Å². The lowest BCUT2D eigenvalue weighted by Crippen LogP contribution is -2.36. The SMILES string of the molecule is CC(CCCl)CCN1C(=O)CCc2ccccc21. The van der Waals surface area contributed by atoms with Crippen LogP contribution in [0.1, 0.15) is 31.7 Å². The van der Waals surface area contributed by atoms with Crippen molar-refractivity contribution in [3.63, 3.8) is 0 Å². The van der Waals surface area contributed by atoms with E-state index in [9.17, 15) is 4.79 Å². The fourth-order valence-corrected chi connectivity index (χ4v) is 2.79. The van der Waals surface area contributed by atoms with Crippen LogP contribution in [0.15, 0.2) is 24.3 Å². The quantitative estimate of drug-likeness (QED) is 0.745. The number of benzene rings is 1. The molecule has 0 N–H and O–H groups in total. The molecule has 98 valence electrons. The van der Waals surface area contributed by atoms with Gasteiger partial charge in [0.15, 0.2) is 0 Å². The summed E-state index contributed by atoms with van der Waals surface area (Å²) < 4.78 is 0. The van der Waals surface area contributed by atoms with Gasteiger partial charge in [-0.25, -0.2) is 0 Å². The molecular weight excluding hydrogens is 246 g/mol. The summed E-state index contributed by atoms with van der Waals surface area (Å²) in [5.41, 5.74) is 2.40. The van der Waals surface area contributed by atoms with Crippen LogP contribution < -0.4 is 4.90 Å². The zero-order chi connectivity index (χ0) is 13.0. The van der Waals surface area contributed by atoms with E-state index in [2.05, 4.69) is 19.1 Å². The summed E-state index contributed by atoms with van der Waals surface area (Å²) >= 11 is 5.75. The minimum Gasteiger partial charge on any atom is -0.312 e. The minimum absolute atomic E-state index is 0.256. The Morgan fingerprint density at radius 2 is 2.06 bits per heavy atom. The van der Waals surface area contributed by atoms with Crippen LogP contribution in [0.5, 0.6) is 0 Å². The number of nitrogens with zero attached hydrogens (tertiary/aromatic N) is 1. The molecule has 1 aliphatic heterocycles. The van der Waals surface area contributed by atoms with Crippen LogP contribution in [-0.4, -0.2) is 18.3 Å². The highest BCUT2D eigenvalue weighted by atomic mass is 35.5. The van der Waals surface area contributed by atoms with Gasteiger partial charge in [0.05, 0.1) is 0 Å². The molecule has 1 heterocycles. The Bertz CT molecular complexity index is 419. The highest BCUT2D eigenvalue weighted by molar-refractivity contribution is 6.17. The van der Waals surface area contributed by atoms with Crippen LogP contribution >= 0.6 is 11.6 Å². The zero-order valence-corrected chi connectivity index (χ0v) is 11.6. The standard InChI is InChI=1S/C15H20ClNO/c1-12(8-10-16)9-11-17-14-5-3-2-4-13(14)6-7-15(17)18/h2-5,12H,6-11H2,1H3. The lowest BCUT2D eigenvalue weighted by Gasteiger charge is -2.30. The minimum atomic E-state index is 0.256. The van der Waals surface area contributed by atoms with Crippen molar-refractivity contribution in [2.75, 3.05) is 17.3 Å². The van der Waals surface area contributed by atoms with Gasteiger partial charge in [0.25, 0.3) is 0 Å². The van der Waals surface area contributed by atoms with Gasteiger partial charge >= 0.3 is 0 Å². The average Bonchev–Trinajstić information content (AvgIpc) is 2.38. The molecule has 0 radical (unpaired) electrons. The molecule has 18 heavy (non-hydrogen) atoms. The topological polar surface area (TPSA) is 20.3 Å². The van der Waals surface area contributed by atoms with E-state index in [4.69, 9.17) is 11.6 Å². The van der Waals surface area contributed by atoms with E-state index in [1.54, 1.807) is 0 Å². The summed E-state index contributed by atoms with van der Waals surface area (Å²) in [7, 11) is 0. The Morgan fingerprint density at radius 1 is 1.28 bits per heavy atom. The number of aryl methyl sites for hydroxylation is 1. The Labute approximate surface area is 114 Å². The number of fused-ring (bicyclic) bond motifs is 1. The van der Waals surface area contributed by atoms with E-state index in [1.165, 1.54) is 5.56 Å². The van der Waals surface area contributed by atoms with Gasteiger partial charge in [-0.15, -0.1) is 11.6 Å². The highest BCUT2D eigenvalue weighted by Gasteiger charge is 2.23. The van der Waals surface area contributed by atoms with Gasteiger partial charge in [0, 0.05) is 24.5 Å². The van der Waals surface area contributed by atoms with E-state index in [-0.39, 0.29) is 5.91 Å². The van der Waals surface area contributed by atoms with E-state index in [0.717, 1.165) is 31.5 Å². The van der Waals surface area contributed by atoms with Gasteiger partial charge in [-0.2, -0.15) is 0 Å². The van der Waals surface area contributed by atoms with E-state index < -0.39 is 0 Å². The maximum atomic E-state index is 12.0. The molecule has 0 saturated carbocycles. The molecule has 1 aromatic rings. The fraction of sp³-hybridized carbons (Fsp3) is 0.533. The third kappa shape index (κ3) is 3.05. The number of hydrogen-bond donors (Lipinski definition) is 0. The molecule has 1 atom stereocenters. The zero-order valence-electron chi connectivity index (χ0n) is 10.9. The van der Waals surface area contributed by atoms with Crippen LogP contribution in [0.3, 0.4) is 0 Å². The molecule has 1 aliphatic rings. The first kappa shape index (κ1) is 13.4. The first-order valence-electron chi connectivity index (χ1n) is 6.66. The molecular formula is C15H20ClNO. The van der Waals surface area contributed by atoms with Gasteiger partial charge in [-0.3, -0.25) is 4.79 Å². The molecule has 2 rings (SSSR count). The van der Waals surface area contributed by atoms with Crippen molar-refractivity contribution >= 4 is 23.2 Å². The molecule has 1 aromatic carbocycles. The van der Waals surface area contributed by atoms with Crippen molar-refractivity contribution in [3.8, 4) is 0 Å². The molecule has 0 saturated heterocycles. The Hall–Kier alpha value is -1.02. The summed E-state index contributed by atoms with van der Waals surface area (Å²) in [5, 5.41) is 0. The highest BCUT2D eigenvalue weighted by Crippen LogP contribution is 2.28. The molecule has 2 nitrogen and oxygen atoms in total. The number of carbonyl (C=O) groups is 1. The number of rotatable bonds is 5. The van der Waals surface area contributed by atoms with Gasteiger partial charge in [-0.1, -0.05) is 25.1 Å². The number of hydrogen-bond acceptors (Lipinski definition) is 1. The lowest BCUT2D eigenvalue weighted by atomic mass is 9.99. The number of amides is 1. The number of halogens is 1. The van der Waals surface area contributed by atoms with Gasteiger partial charge in [-0.05, 0) is 36.8 Å². The van der Waals surface area contributed by atoms with E-state index >= 15 is 0 Å². The largest absolute Gasteiger partial charge is 0.312 e. The van der Waals surface area contributed by atoms with Crippen molar-refractivity contribution in [2.45, 2.75) is 32.6 Å². The van der Waals surface area contributed by atoms with Crippen molar-refractivity contribution in [3.05, 3.63) is 29.8 Å². The Kier molecular flexibility index (Phi) is 4.65.